The van der Waals surface area contributed by atoms with E-state index in [0.717, 1.165) is 23.5 Å². The predicted molar refractivity (Wildman–Crippen MR) is 60.3 cm³/mol. The van der Waals surface area contributed by atoms with Crippen LogP contribution in [0.4, 0.5) is 4.39 Å². The lowest BCUT2D eigenvalue weighted by Gasteiger charge is -2.17. The van der Waals surface area contributed by atoms with E-state index in [2.05, 4.69) is 5.32 Å². The summed E-state index contributed by atoms with van der Waals surface area (Å²) < 4.78 is 13.9. The van der Waals surface area contributed by atoms with Gasteiger partial charge in [0.2, 0.25) is 0 Å². The fourth-order valence-corrected chi connectivity index (χ4v) is 2.03. The zero-order valence-electron chi connectivity index (χ0n) is 9.39. The number of hydrogen-bond acceptors (Lipinski definition) is 1. The molecule has 1 unspecified atom stereocenters. The molecule has 1 aliphatic carbocycles. The van der Waals surface area contributed by atoms with Crippen LogP contribution in [-0.2, 0) is 0 Å². The van der Waals surface area contributed by atoms with Crippen molar-refractivity contribution >= 4 is 0 Å². The Morgan fingerprint density at radius 2 is 2.20 bits per heavy atom. The molecular weight excluding hydrogens is 189 g/mol. The Balaban J connectivity index is 2.20. The molecule has 82 valence electrons. The summed E-state index contributed by atoms with van der Waals surface area (Å²) in [5.41, 5.74) is 1.56. The first-order valence-corrected chi connectivity index (χ1v) is 5.64. The minimum absolute atomic E-state index is 0.0440. The third kappa shape index (κ3) is 2.37. The first-order valence-electron chi connectivity index (χ1n) is 5.64. The van der Waals surface area contributed by atoms with Crippen molar-refractivity contribution in [2.45, 2.75) is 32.2 Å². The van der Waals surface area contributed by atoms with Gasteiger partial charge < -0.3 is 5.32 Å². The molecule has 1 aliphatic rings. The lowest BCUT2D eigenvalue weighted by Crippen LogP contribution is -2.18. The van der Waals surface area contributed by atoms with Gasteiger partial charge in [-0.2, -0.15) is 0 Å². The van der Waals surface area contributed by atoms with E-state index in [1.165, 1.54) is 12.8 Å². The van der Waals surface area contributed by atoms with E-state index in [-0.39, 0.29) is 11.9 Å². The predicted octanol–water partition coefficient (Wildman–Crippen LogP) is 3.19. The van der Waals surface area contributed by atoms with Crippen LogP contribution in [0.5, 0.6) is 0 Å². The maximum Gasteiger partial charge on any atom is 0.130 e. The summed E-state index contributed by atoms with van der Waals surface area (Å²) in [4.78, 5) is 0. The minimum atomic E-state index is -0.0440. The molecule has 0 heterocycles. The van der Waals surface area contributed by atoms with Crippen LogP contribution in [0.25, 0.3) is 0 Å². The summed E-state index contributed by atoms with van der Waals surface area (Å²) in [6.45, 7) is 1.82. The maximum absolute atomic E-state index is 13.9. The second kappa shape index (κ2) is 4.31. The molecule has 0 amide bonds. The zero-order valence-corrected chi connectivity index (χ0v) is 9.39. The van der Waals surface area contributed by atoms with Gasteiger partial charge in [-0.3, -0.25) is 0 Å². The van der Waals surface area contributed by atoms with Crippen molar-refractivity contribution in [1.82, 2.24) is 5.32 Å². The molecule has 0 saturated heterocycles. The summed E-state index contributed by atoms with van der Waals surface area (Å²) in [6.07, 6.45) is 3.69. The van der Waals surface area contributed by atoms with Crippen LogP contribution in [0.15, 0.2) is 18.2 Å². The second-order valence-corrected chi connectivity index (χ2v) is 4.50. The molecule has 0 aliphatic heterocycles. The van der Waals surface area contributed by atoms with Crippen molar-refractivity contribution in [2.75, 3.05) is 7.05 Å². The molecule has 2 rings (SSSR count). The molecule has 1 N–H and O–H groups in total. The fraction of sp³-hybridized carbons (Fsp3) is 0.538. The van der Waals surface area contributed by atoms with E-state index < -0.39 is 0 Å². The van der Waals surface area contributed by atoms with E-state index in [9.17, 15) is 4.39 Å². The van der Waals surface area contributed by atoms with Crippen LogP contribution in [0.1, 0.15) is 36.4 Å². The quantitative estimate of drug-likeness (QED) is 0.799. The van der Waals surface area contributed by atoms with Gasteiger partial charge in [-0.1, -0.05) is 31.0 Å². The Morgan fingerprint density at radius 1 is 1.47 bits per heavy atom. The Labute approximate surface area is 90.7 Å². The van der Waals surface area contributed by atoms with E-state index in [1.807, 2.05) is 32.2 Å². The van der Waals surface area contributed by atoms with Gasteiger partial charge in [-0.25, -0.2) is 4.39 Å². The van der Waals surface area contributed by atoms with Gasteiger partial charge in [0, 0.05) is 11.6 Å². The van der Waals surface area contributed by atoms with Gasteiger partial charge in [0.1, 0.15) is 5.82 Å². The molecule has 1 aromatic carbocycles. The van der Waals surface area contributed by atoms with Crippen LogP contribution in [0.2, 0.25) is 0 Å². The highest BCUT2D eigenvalue weighted by molar-refractivity contribution is 5.27. The van der Waals surface area contributed by atoms with Gasteiger partial charge in [0.05, 0.1) is 0 Å². The van der Waals surface area contributed by atoms with Crippen molar-refractivity contribution < 1.29 is 4.39 Å². The fourth-order valence-electron chi connectivity index (χ4n) is 2.03. The van der Waals surface area contributed by atoms with E-state index in [0.29, 0.717) is 0 Å². The lowest BCUT2D eigenvalue weighted by atomic mass is 9.99. The van der Waals surface area contributed by atoms with Crippen LogP contribution in [-0.4, -0.2) is 7.05 Å². The molecule has 1 saturated carbocycles. The Kier molecular flexibility index (Phi) is 3.06. The minimum Gasteiger partial charge on any atom is -0.313 e. The second-order valence-electron chi connectivity index (χ2n) is 4.50. The number of halogens is 1. The highest BCUT2D eigenvalue weighted by Gasteiger charge is 2.26. The average Bonchev–Trinajstić information content (AvgIpc) is 3.03. The summed E-state index contributed by atoms with van der Waals surface area (Å²) in [7, 11) is 1.91. The number of benzene rings is 1. The molecule has 0 bridgehead atoms. The monoisotopic (exact) mass is 207 g/mol. The first-order chi connectivity index (χ1) is 7.22. The molecule has 0 spiro atoms. The van der Waals surface area contributed by atoms with Crippen molar-refractivity contribution in [1.29, 1.82) is 0 Å². The Bertz CT molecular complexity index is 344. The molecule has 1 atom stereocenters. The zero-order chi connectivity index (χ0) is 10.8. The topological polar surface area (TPSA) is 12.0 Å². The van der Waals surface area contributed by atoms with Gasteiger partial charge in [-0.05, 0) is 31.9 Å². The van der Waals surface area contributed by atoms with Gasteiger partial charge in [0.15, 0.2) is 0 Å². The van der Waals surface area contributed by atoms with Crippen molar-refractivity contribution in [3.05, 3.63) is 35.1 Å². The van der Waals surface area contributed by atoms with Crippen molar-refractivity contribution in [2.24, 2.45) is 5.92 Å². The van der Waals surface area contributed by atoms with Crippen molar-refractivity contribution in [3.63, 3.8) is 0 Å². The third-order valence-electron chi connectivity index (χ3n) is 3.21. The number of rotatable bonds is 4. The normalized spacial score (nSPS) is 17.8. The van der Waals surface area contributed by atoms with Gasteiger partial charge in [0.25, 0.3) is 0 Å². The lowest BCUT2D eigenvalue weighted by molar-refractivity contribution is 0.483. The highest BCUT2D eigenvalue weighted by atomic mass is 19.1. The molecule has 1 fully saturated rings. The summed E-state index contributed by atoms with van der Waals surface area (Å²) in [5.74, 6) is 0.764. The standard InChI is InChI=1S/C13H18FN/c1-9-4-3-5-11(13(9)14)12(15-2)8-10-6-7-10/h3-5,10,12,15H,6-8H2,1-2H3. The van der Waals surface area contributed by atoms with Crippen LogP contribution in [0.3, 0.4) is 0 Å². The SMILES string of the molecule is CNC(CC1CC1)c1cccc(C)c1F. The Morgan fingerprint density at radius 3 is 2.80 bits per heavy atom. The molecule has 1 nitrogen and oxygen atoms in total. The molecule has 1 aromatic rings. The van der Waals surface area contributed by atoms with Gasteiger partial charge >= 0.3 is 0 Å². The van der Waals surface area contributed by atoms with Crippen molar-refractivity contribution in [3.8, 4) is 0 Å². The van der Waals surface area contributed by atoms with Crippen LogP contribution < -0.4 is 5.32 Å². The smallest absolute Gasteiger partial charge is 0.130 e. The summed E-state index contributed by atoms with van der Waals surface area (Å²) >= 11 is 0. The van der Waals surface area contributed by atoms with Crippen LogP contribution >= 0.6 is 0 Å². The maximum atomic E-state index is 13.9. The largest absolute Gasteiger partial charge is 0.313 e. The third-order valence-corrected chi connectivity index (χ3v) is 3.21. The molecule has 2 heteroatoms. The van der Waals surface area contributed by atoms with E-state index >= 15 is 0 Å². The highest BCUT2D eigenvalue weighted by Crippen LogP contribution is 2.38. The number of hydrogen-bond donors (Lipinski definition) is 1. The molecule has 15 heavy (non-hydrogen) atoms. The molecule has 0 radical (unpaired) electrons. The summed E-state index contributed by atoms with van der Waals surface area (Å²) in [6, 6.07) is 5.83. The summed E-state index contributed by atoms with van der Waals surface area (Å²) in [5, 5.41) is 3.22. The average molecular weight is 207 g/mol. The molecule has 0 aromatic heterocycles. The molecular formula is C13H18FN. The Hall–Kier alpha value is -0.890. The van der Waals surface area contributed by atoms with Gasteiger partial charge in [-0.15, -0.1) is 0 Å². The van der Waals surface area contributed by atoms with E-state index in [1.54, 1.807) is 0 Å². The number of nitrogens with one attached hydrogen (secondary N) is 1. The number of aryl methyl sites for hydroxylation is 1. The van der Waals surface area contributed by atoms with Crippen LogP contribution in [0, 0.1) is 18.7 Å². The van der Waals surface area contributed by atoms with E-state index in [4.69, 9.17) is 0 Å². The first kappa shape index (κ1) is 10.6.